The molecule has 0 aromatic heterocycles. The molecule has 0 saturated carbocycles. The molecule has 0 saturated heterocycles. The van der Waals surface area contributed by atoms with Gasteiger partial charge in [-0.25, -0.2) is 8.42 Å². The zero-order chi connectivity index (χ0) is 12.3. The van der Waals surface area contributed by atoms with Crippen molar-refractivity contribution in [1.29, 1.82) is 0 Å². The van der Waals surface area contributed by atoms with Crippen LogP contribution in [0, 0.1) is 0 Å². The maximum Gasteiger partial charge on any atom is 0.179 e. The van der Waals surface area contributed by atoms with Gasteiger partial charge in [-0.3, -0.25) is 0 Å². The second-order valence-electron chi connectivity index (χ2n) is 3.42. The molecule has 0 spiro atoms. The average molecular weight is 264 g/mol. The molecule has 16 heavy (non-hydrogen) atoms. The number of benzene rings is 1. The van der Waals surface area contributed by atoms with Gasteiger partial charge in [-0.15, -0.1) is 0 Å². The number of rotatable bonds is 4. The predicted octanol–water partition coefficient (Wildman–Crippen LogP) is 1.25. The van der Waals surface area contributed by atoms with Crippen molar-refractivity contribution in [3.05, 3.63) is 22.7 Å². The fraction of sp³-hybridized carbons (Fsp3) is 0.400. The van der Waals surface area contributed by atoms with Crippen LogP contribution in [0.5, 0.6) is 5.75 Å². The van der Waals surface area contributed by atoms with E-state index in [1.54, 1.807) is 12.1 Å². The average Bonchev–Trinajstić information content (AvgIpc) is 2.16. The maximum absolute atomic E-state index is 11.6. The largest absolute Gasteiger partial charge is 0.494 e. The van der Waals surface area contributed by atoms with Crippen LogP contribution in [-0.2, 0) is 16.3 Å². The van der Waals surface area contributed by atoms with Gasteiger partial charge in [0.05, 0.1) is 12.1 Å². The van der Waals surface area contributed by atoms with Crippen molar-refractivity contribution in [1.82, 2.24) is 0 Å². The summed E-state index contributed by atoms with van der Waals surface area (Å²) in [4.78, 5) is 0.103. The van der Waals surface area contributed by atoms with Gasteiger partial charge in [-0.05, 0) is 30.7 Å². The highest BCUT2D eigenvalue weighted by Crippen LogP contribution is 2.33. The summed E-state index contributed by atoms with van der Waals surface area (Å²) in [6.45, 7) is 0.436. The van der Waals surface area contributed by atoms with Gasteiger partial charge in [0.2, 0.25) is 0 Å². The van der Waals surface area contributed by atoms with Crippen molar-refractivity contribution in [2.45, 2.75) is 11.3 Å². The van der Waals surface area contributed by atoms with Crippen LogP contribution < -0.4 is 10.5 Å². The van der Waals surface area contributed by atoms with Crippen LogP contribution in [-0.4, -0.2) is 28.3 Å². The van der Waals surface area contributed by atoms with E-state index in [1.807, 2.05) is 0 Å². The Hall–Kier alpha value is -0.780. The quantitative estimate of drug-likeness (QED) is 0.888. The second kappa shape index (κ2) is 5.03. The Morgan fingerprint density at radius 1 is 1.44 bits per heavy atom. The third-order valence-corrected chi connectivity index (χ3v) is 3.49. The van der Waals surface area contributed by atoms with Gasteiger partial charge in [0, 0.05) is 6.26 Å². The van der Waals surface area contributed by atoms with Crippen molar-refractivity contribution in [3.63, 3.8) is 0 Å². The predicted molar refractivity (Wildman–Crippen MR) is 63.9 cm³/mol. The van der Waals surface area contributed by atoms with Crippen LogP contribution in [0.25, 0.3) is 0 Å². The standard InChI is InChI=1S/C10H14ClNO3S/c1-15-10-8(11)5-7(3-4-12)6-9(10)16(2,13)14/h5-6H,3-4,12H2,1-2H3. The number of hydrogen-bond acceptors (Lipinski definition) is 4. The molecule has 0 bridgehead atoms. The van der Waals surface area contributed by atoms with Gasteiger partial charge in [-0.1, -0.05) is 11.6 Å². The Kier molecular flexibility index (Phi) is 4.18. The molecular formula is C10H14ClNO3S. The van der Waals surface area contributed by atoms with Gasteiger partial charge in [0.15, 0.2) is 15.6 Å². The summed E-state index contributed by atoms with van der Waals surface area (Å²) >= 11 is 5.95. The highest BCUT2D eigenvalue weighted by atomic mass is 35.5. The summed E-state index contributed by atoms with van der Waals surface area (Å²) in [6, 6.07) is 3.22. The fourth-order valence-electron chi connectivity index (χ4n) is 1.41. The summed E-state index contributed by atoms with van der Waals surface area (Å²) in [5, 5.41) is 0.286. The zero-order valence-electron chi connectivity index (χ0n) is 9.16. The van der Waals surface area contributed by atoms with Crippen LogP contribution in [0.4, 0.5) is 0 Å². The molecule has 1 aromatic carbocycles. The summed E-state index contributed by atoms with van der Waals surface area (Å²) in [5.74, 6) is 0.185. The van der Waals surface area contributed by atoms with Crippen LogP contribution in [0.1, 0.15) is 5.56 Å². The summed E-state index contributed by atoms with van der Waals surface area (Å²) in [7, 11) is -1.97. The monoisotopic (exact) mass is 263 g/mol. The van der Waals surface area contributed by atoms with Crippen LogP contribution in [0.15, 0.2) is 17.0 Å². The molecule has 0 heterocycles. The van der Waals surface area contributed by atoms with Crippen molar-refractivity contribution in [2.75, 3.05) is 19.9 Å². The molecule has 0 atom stereocenters. The maximum atomic E-state index is 11.6. The molecule has 2 N–H and O–H groups in total. The molecule has 1 aromatic rings. The van der Waals surface area contributed by atoms with Gasteiger partial charge >= 0.3 is 0 Å². The van der Waals surface area contributed by atoms with Crippen molar-refractivity contribution < 1.29 is 13.2 Å². The molecular weight excluding hydrogens is 250 g/mol. The van der Waals surface area contributed by atoms with Crippen molar-refractivity contribution in [2.24, 2.45) is 5.73 Å². The fourth-order valence-corrected chi connectivity index (χ4v) is 2.68. The topological polar surface area (TPSA) is 69.4 Å². The molecule has 0 aliphatic heterocycles. The van der Waals surface area contributed by atoms with E-state index in [0.717, 1.165) is 11.8 Å². The Morgan fingerprint density at radius 2 is 2.06 bits per heavy atom. The number of ether oxygens (including phenoxy) is 1. The van der Waals surface area contributed by atoms with Gasteiger partial charge in [0.25, 0.3) is 0 Å². The van der Waals surface area contributed by atoms with E-state index in [0.29, 0.717) is 13.0 Å². The van der Waals surface area contributed by atoms with E-state index < -0.39 is 9.84 Å². The highest BCUT2D eigenvalue weighted by molar-refractivity contribution is 7.90. The Balaban J connectivity index is 3.43. The van der Waals surface area contributed by atoms with Crippen LogP contribution in [0.3, 0.4) is 0 Å². The van der Waals surface area contributed by atoms with E-state index in [1.165, 1.54) is 7.11 Å². The number of sulfone groups is 1. The third kappa shape index (κ3) is 2.87. The minimum absolute atomic E-state index is 0.103. The first-order valence-electron chi connectivity index (χ1n) is 4.66. The number of nitrogens with two attached hydrogens (primary N) is 1. The smallest absolute Gasteiger partial charge is 0.179 e. The van der Waals surface area contributed by atoms with E-state index in [2.05, 4.69) is 0 Å². The number of hydrogen-bond donors (Lipinski definition) is 1. The molecule has 0 fully saturated rings. The SMILES string of the molecule is COc1c(Cl)cc(CCN)cc1S(C)(=O)=O. The first-order valence-corrected chi connectivity index (χ1v) is 6.93. The molecule has 0 amide bonds. The summed E-state index contributed by atoms with van der Waals surface area (Å²) in [5.41, 5.74) is 6.20. The highest BCUT2D eigenvalue weighted by Gasteiger charge is 2.18. The van der Waals surface area contributed by atoms with E-state index in [9.17, 15) is 8.42 Å². The first-order chi connectivity index (χ1) is 7.40. The van der Waals surface area contributed by atoms with Gasteiger partial charge in [0.1, 0.15) is 4.90 Å². The Labute approximate surface area is 100 Å². The molecule has 1 rings (SSSR count). The minimum Gasteiger partial charge on any atom is -0.494 e. The third-order valence-electron chi connectivity index (χ3n) is 2.11. The lowest BCUT2D eigenvalue weighted by atomic mass is 10.1. The van der Waals surface area contributed by atoms with Crippen molar-refractivity contribution in [3.8, 4) is 5.75 Å². The summed E-state index contributed by atoms with van der Waals surface area (Å²) in [6.07, 6.45) is 1.69. The molecule has 6 heteroatoms. The van der Waals surface area contributed by atoms with Crippen molar-refractivity contribution >= 4 is 21.4 Å². The lowest BCUT2D eigenvalue weighted by molar-refractivity contribution is 0.403. The van der Waals surface area contributed by atoms with Gasteiger partial charge < -0.3 is 10.5 Å². The van der Waals surface area contributed by atoms with E-state index in [-0.39, 0.29) is 15.7 Å². The molecule has 4 nitrogen and oxygen atoms in total. The lowest BCUT2D eigenvalue weighted by Gasteiger charge is -2.11. The molecule has 0 aliphatic rings. The lowest BCUT2D eigenvalue weighted by Crippen LogP contribution is -2.06. The second-order valence-corrected chi connectivity index (χ2v) is 5.81. The molecule has 0 unspecified atom stereocenters. The number of halogens is 1. The van der Waals surface area contributed by atoms with Gasteiger partial charge in [-0.2, -0.15) is 0 Å². The number of methoxy groups -OCH3 is 1. The summed E-state index contributed by atoms with van der Waals surface area (Å²) < 4.78 is 28.1. The zero-order valence-corrected chi connectivity index (χ0v) is 10.7. The minimum atomic E-state index is -3.36. The van der Waals surface area contributed by atoms with E-state index in [4.69, 9.17) is 22.1 Å². The Morgan fingerprint density at radius 3 is 2.50 bits per heavy atom. The van der Waals surface area contributed by atoms with Crippen LogP contribution >= 0.6 is 11.6 Å². The normalized spacial score (nSPS) is 11.5. The molecule has 0 radical (unpaired) electrons. The van der Waals surface area contributed by atoms with E-state index >= 15 is 0 Å². The Bertz CT molecular complexity index is 485. The van der Waals surface area contributed by atoms with Crippen LogP contribution in [0.2, 0.25) is 5.02 Å². The first kappa shape index (κ1) is 13.3. The molecule has 0 aliphatic carbocycles. The molecule has 90 valence electrons.